The van der Waals surface area contributed by atoms with Gasteiger partial charge in [-0.3, -0.25) is 14.5 Å². The predicted molar refractivity (Wildman–Crippen MR) is 96.4 cm³/mol. The van der Waals surface area contributed by atoms with Gasteiger partial charge in [0.05, 0.1) is 18.1 Å². The van der Waals surface area contributed by atoms with E-state index < -0.39 is 0 Å². The topological polar surface area (TPSA) is 46.6 Å². The Bertz CT molecular complexity index is 769. The lowest BCUT2D eigenvalue weighted by Gasteiger charge is -2.10. The highest BCUT2D eigenvalue weighted by Gasteiger charge is 2.34. The second-order valence-corrected chi connectivity index (χ2v) is 6.31. The van der Waals surface area contributed by atoms with Crippen LogP contribution in [0.15, 0.2) is 59.5 Å². The summed E-state index contributed by atoms with van der Waals surface area (Å²) in [7, 11) is 1.54. The molecule has 2 aromatic carbocycles. The smallest absolute Gasteiger partial charge is 0.293 e. The Balaban J connectivity index is 1.77. The number of rotatable bonds is 5. The minimum absolute atomic E-state index is 0.246. The van der Waals surface area contributed by atoms with Crippen LogP contribution in [-0.4, -0.2) is 36.3 Å². The van der Waals surface area contributed by atoms with Crippen molar-refractivity contribution in [1.82, 2.24) is 4.90 Å². The summed E-state index contributed by atoms with van der Waals surface area (Å²) in [6.45, 7) is 0.628. The van der Waals surface area contributed by atoms with Gasteiger partial charge in [0.25, 0.3) is 11.1 Å². The van der Waals surface area contributed by atoms with E-state index in [2.05, 4.69) is 12.1 Å². The highest BCUT2D eigenvalue weighted by molar-refractivity contribution is 8.18. The average molecular weight is 339 g/mol. The number of ether oxygens (including phenoxy) is 1. The Hall–Kier alpha value is -2.37. The molecular weight excluding hydrogens is 322 g/mol. The first-order valence-electron chi connectivity index (χ1n) is 7.59. The van der Waals surface area contributed by atoms with Gasteiger partial charge in [-0.05, 0) is 34.5 Å². The lowest BCUT2D eigenvalue weighted by molar-refractivity contribution is -0.123. The van der Waals surface area contributed by atoms with Crippen LogP contribution in [0.5, 0.6) is 0 Å². The van der Waals surface area contributed by atoms with Gasteiger partial charge in [-0.15, -0.1) is 0 Å². The first kappa shape index (κ1) is 16.5. The van der Waals surface area contributed by atoms with Crippen LogP contribution in [0, 0.1) is 0 Å². The van der Waals surface area contributed by atoms with E-state index in [4.69, 9.17) is 4.74 Å². The number of amides is 2. The molecule has 122 valence electrons. The Morgan fingerprint density at radius 2 is 1.67 bits per heavy atom. The molecule has 0 aromatic heterocycles. The van der Waals surface area contributed by atoms with Crippen LogP contribution in [0.4, 0.5) is 4.79 Å². The summed E-state index contributed by atoms with van der Waals surface area (Å²) in [5.74, 6) is -0.255. The summed E-state index contributed by atoms with van der Waals surface area (Å²) in [5.41, 5.74) is 3.15. The summed E-state index contributed by atoms with van der Waals surface area (Å²) < 4.78 is 4.93. The van der Waals surface area contributed by atoms with Crippen molar-refractivity contribution in [3.8, 4) is 11.1 Å². The molecule has 0 unspecified atom stereocenters. The van der Waals surface area contributed by atoms with E-state index in [1.807, 2.05) is 42.5 Å². The van der Waals surface area contributed by atoms with Crippen molar-refractivity contribution in [1.29, 1.82) is 0 Å². The molecule has 4 nitrogen and oxygen atoms in total. The number of benzene rings is 2. The molecule has 1 heterocycles. The molecule has 0 spiro atoms. The van der Waals surface area contributed by atoms with Crippen LogP contribution >= 0.6 is 11.8 Å². The van der Waals surface area contributed by atoms with Crippen molar-refractivity contribution in [2.45, 2.75) is 0 Å². The third kappa shape index (κ3) is 3.58. The van der Waals surface area contributed by atoms with E-state index in [1.165, 1.54) is 4.90 Å². The highest BCUT2D eigenvalue weighted by atomic mass is 32.2. The molecular formula is C19H17NO3S. The van der Waals surface area contributed by atoms with Gasteiger partial charge in [0.2, 0.25) is 0 Å². The van der Waals surface area contributed by atoms with Crippen molar-refractivity contribution in [2.75, 3.05) is 20.3 Å². The van der Waals surface area contributed by atoms with Gasteiger partial charge < -0.3 is 4.74 Å². The molecule has 1 saturated heterocycles. The molecule has 0 N–H and O–H groups in total. The molecule has 5 heteroatoms. The molecule has 1 aliphatic heterocycles. The molecule has 0 radical (unpaired) electrons. The van der Waals surface area contributed by atoms with E-state index in [0.717, 1.165) is 28.5 Å². The zero-order valence-corrected chi connectivity index (χ0v) is 14.1. The molecule has 1 aliphatic rings. The zero-order chi connectivity index (χ0) is 16.9. The molecule has 0 aliphatic carbocycles. The standard InChI is InChI=1S/C19H17NO3S/c1-23-12-11-20-18(21)17(24-19(20)22)13-14-7-9-16(10-8-14)15-5-3-2-4-6-15/h2-10,13H,11-12H2,1H3/b17-13+. The van der Waals surface area contributed by atoms with Crippen molar-refractivity contribution in [3.05, 3.63) is 65.1 Å². The Kier molecular flexibility index (Phi) is 5.13. The third-order valence-electron chi connectivity index (χ3n) is 3.71. The summed E-state index contributed by atoms with van der Waals surface area (Å²) in [5, 5.41) is -0.246. The number of carbonyl (C=O) groups is 2. The maximum atomic E-state index is 12.3. The van der Waals surface area contributed by atoms with E-state index in [9.17, 15) is 9.59 Å². The van der Waals surface area contributed by atoms with Gasteiger partial charge in [-0.25, -0.2) is 0 Å². The molecule has 0 atom stereocenters. The van der Waals surface area contributed by atoms with Crippen molar-refractivity contribution >= 4 is 29.0 Å². The highest BCUT2D eigenvalue weighted by Crippen LogP contribution is 2.32. The van der Waals surface area contributed by atoms with Crippen LogP contribution < -0.4 is 0 Å². The van der Waals surface area contributed by atoms with Crippen LogP contribution in [0.3, 0.4) is 0 Å². The van der Waals surface area contributed by atoms with Gasteiger partial charge in [-0.1, -0.05) is 54.6 Å². The molecule has 0 saturated carbocycles. The fourth-order valence-corrected chi connectivity index (χ4v) is 3.29. The van der Waals surface area contributed by atoms with E-state index in [1.54, 1.807) is 13.2 Å². The number of hydrogen-bond donors (Lipinski definition) is 0. The first-order chi connectivity index (χ1) is 11.7. The Morgan fingerprint density at radius 1 is 1.00 bits per heavy atom. The summed E-state index contributed by atoms with van der Waals surface area (Å²) >= 11 is 0.971. The molecule has 0 bridgehead atoms. The van der Waals surface area contributed by atoms with Crippen molar-refractivity contribution in [2.24, 2.45) is 0 Å². The number of imide groups is 1. The monoisotopic (exact) mass is 339 g/mol. The normalized spacial score (nSPS) is 16.2. The van der Waals surface area contributed by atoms with E-state index >= 15 is 0 Å². The van der Waals surface area contributed by atoms with Crippen molar-refractivity contribution in [3.63, 3.8) is 0 Å². The third-order valence-corrected chi connectivity index (χ3v) is 4.62. The fraction of sp³-hybridized carbons (Fsp3) is 0.158. The maximum Gasteiger partial charge on any atom is 0.293 e. The largest absolute Gasteiger partial charge is 0.383 e. The molecule has 2 amide bonds. The molecule has 1 fully saturated rings. The minimum Gasteiger partial charge on any atom is -0.383 e. The molecule has 24 heavy (non-hydrogen) atoms. The van der Waals surface area contributed by atoms with E-state index in [-0.39, 0.29) is 17.7 Å². The second kappa shape index (κ2) is 7.47. The average Bonchev–Trinajstić information content (AvgIpc) is 2.88. The number of thioether (sulfide) groups is 1. The lowest BCUT2D eigenvalue weighted by atomic mass is 10.0. The van der Waals surface area contributed by atoms with Gasteiger partial charge >= 0.3 is 0 Å². The zero-order valence-electron chi connectivity index (χ0n) is 13.3. The molecule has 3 rings (SSSR count). The lowest BCUT2D eigenvalue weighted by Crippen LogP contribution is -2.31. The van der Waals surface area contributed by atoms with Crippen LogP contribution in [-0.2, 0) is 9.53 Å². The number of carbonyl (C=O) groups excluding carboxylic acids is 2. The van der Waals surface area contributed by atoms with Crippen LogP contribution in [0.1, 0.15) is 5.56 Å². The Morgan fingerprint density at radius 3 is 2.33 bits per heavy atom. The molecule has 2 aromatic rings. The Labute approximate surface area is 145 Å². The van der Waals surface area contributed by atoms with Gasteiger partial charge in [0.1, 0.15) is 0 Å². The first-order valence-corrected chi connectivity index (χ1v) is 8.40. The maximum absolute atomic E-state index is 12.3. The quantitative estimate of drug-likeness (QED) is 0.772. The van der Waals surface area contributed by atoms with Gasteiger partial charge in [-0.2, -0.15) is 0 Å². The number of hydrogen-bond acceptors (Lipinski definition) is 4. The SMILES string of the molecule is COCCN1C(=O)S/C(=C/c2ccc(-c3ccccc3)cc2)C1=O. The van der Waals surface area contributed by atoms with E-state index in [0.29, 0.717) is 11.5 Å². The minimum atomic E-state index is -0.255. The van der Waals surface area contributed by atoms with Crippen molar-refractivity contribution < 1.29 is 14.3 Å². The summed E-state index contributed by atoms with van der Waals surface area (Å²) in [4.78, 5) is 25.8. The van der Waals surface area contributed by atoms with Crippen LogP contribution in [0.25, 0.3) is 17.2 Å². The predicted octanol–water partition coefficient (Wildman–Crippen LogP) is 4.04. The second-order valence-electron chi connectivity index (χ2n) is 5.31. The van der Waals surface area contributed by atoms with Gasteiger partial charge in [0.15, 0.2) is 0 Å². The summed E-state index contributed by atoms with van der Waals surface area (Å²) in [6, 6.07) is 18.0. The van der Waals surface area contributed by atoms with Crippen LogP contribution in [0.2, 0.25) is 0 Å². The van der Waals surface area contributed by atoms with Gasteiger partial charge in [0, 0.05) is 7.11 Å². The summed E-state index contributed by atoms with van der Waals surface area (Å²) in [6.07, 6.45) is 1.76. The number of nitrogens with zero attached hydrogens (tertiary/aromatic N) is 1. The fourth-order valence-electron chi connectivity index (χ4n) is 2.43. The number of methoxy groups -OCH3 is 1.